The van der Waals surface area contributed by atoms with E-state index >= 15 is 0 Å². The first-order valence-corrected chi connectivity index (χ1v) is 9.80. The average Bonchev–Trinajstić information content (AvgIpc) is 3.02. The number of ketones is 1. The van der Waals surface area contributed by atoms with Gasteiger partial charge in [0.2, 0.25) is 0 Å². The topological polar surface area (TPSA) is 106 Å². The van der Waals surface area contributed by atoms with Crippen LogP contribution in [0.1, 0.15) is 24.1 Å². The number of Topliss-reactive ketones (excluding diaryl/α,β-unsaturated/α-hetero) is 1. The molecule has 1 amide bonds. The van der Waals surface area contributed by atoms with Gasteiger partial charge in [-0.05, 0) is 48.9 Å². The molecule has 0 radical (unpaired) electrons. The van der Waals surface area contributed by atoms with Gasteiger partial charge in [0.1, 0.15) is 11.5 Å². The lowest BCUT2D eigenvalue weighted by Crippen LogP contribution is -2.32. The van der Waals surface area contributed by atoms with E-state index in [9.17, 15) is 19.8 Å². The van der Waals surface area contributed by atoms with Crippen LogP contribution in [0.2, 0.25) is 0 Å². The third kappa shape index (κ3) is 4.34. The summed E-state index contributed by atoms with van der Waals surface area (Å²) in [5.74, 6) is -1.12. The lowest BCUT2D eigenvalue weighted by Gasteiger charge is -2.25. The van der Waals surface area contributed by atoms with Gasteiger partial charge in [0.25, 0.3) is 11.7 Å². The van der Waals surface area contributed by atoms with Gasteiger partial charge in [-0.3, -0.25) is 9.59 Å². The summed E-state index contributed by atoms with van der Waals surface area (Å²) >= 11 is 0. The molecule has 2 N–H and O–H groups in total. The number of hydrogen-bond acceptors (Lipinski definition) is 7. The fraction of sp³-hybridized carbons (Fsp3) is 0.304. The van der Waals surface area contributed by atoms with Crippen LogP contribution < -0.4 is 9.47 Å². The molecule has 164 valence electrons. The molecule has 2 aromatic rings. The summed E-state index contributed by atoms with van der Waals surface area (Å²) in [6.45, 7) is 2.70. The van der Waals surface area contributed by atoms with Gasteiger partial charge in [0.05, 0.1) is 31.9 Å². The minimum absolute atomic E-state index is 0.0603. The minimum atomic E-state index is -0.890. The molecule has 3 rings (SSSR count). The molecular formula is C23H25NO7. The van der Waals surface area contributed by atoms with Gasteiger partial charge in [-0.2, -0.15) is 0 Å². The first-order valence-electron chi connectivity index (χ1n) is 9.80. The third-order valence-electron chi connectivity index (χ3n) is 5.03. The molecule has 1 unspecified atom stereocenters. The lowest BCUT2D eigenvalue weighted by molar-refractivity contribution is -0.140. The van der Waals surface area contributed by atoms with Crippen molar-refractivity contribution in [2.75, 3.05) is 34.0 Å². The van der Waals surface area contributed by atoms with Crippen LogP contribution in [0.4, 0.5) is 0 Å². The quantitative estimate of drug-likeness (QED) is 0.379. The maximum Gasteiger partial charge on any atom is 0.295 e. The van der Waals surface area contributed by atoms with Crippen molar-refractivity contribution in [3.05, 3.63) is 59.2 Å². The molecule has 2 aromatic carbocycles. The number of likely N-dealkylation sites (tertiary alicyclic amines) is 1. The number of hydrogen-bond donors (Lipinski definition) is 2. The van der Waals surface area contributed by atoms with Crippen molar-refractivity contribution < 1.29 is 34.0 Å². The van der Waals surface area contributed by atoms with E-state index in [0.29, 0.717) is 23.5 Å². The first kappa shape index (κ1) is 22.2. The monoisotopic (exact) mass is 427 g/mol. The zero-order chi connectivity index (χ0) is 22.5. The van der Waals surface area contributed by atoms with Crippen LogP contribution in [0.25, 0.3) is 5.76 Å². The molecule has 1 atom stereocenters. The standard InChI is InChI=1S/C23H25NO7/c1-4-31-16-8-5-14(6-9-16)21(26)19-20(15-7-10-18(30-3)17(25)13-15)24(11-12-29-2)23(28)22(19)27/h5-10,13,20,25-26H,4,11-12H2,1-3H3/b21-19-. The van der Waals surface area contributed by atoms with Crippen LogP contribution in [0.5, 0.6) is 17.2 Å². The molecule has 1 fully saturated rings. The molecule has 31 heavy (non-hydrogen) atoms. The van der Waals surface area contributed by atoms with Crippen molar-refractivity contribution in [1.29, 1.82) is 0 Å². The Labute approximate surface area is 180 Å². The largest absolute Gasteiger partial charge is 0.507 e. The molecule has 1 aliphatic heterocycles. The second-order valence-electron chi connectivity index (χ2n) is 6.87. The zero-order valence-electron chi connectivity index (χ0n) is 17.6. The number of benzene rings is 2. The summed E-state index contributed by atoms with van der Waals surface area (Å²) in [4.78, 5) is 27.0. The lowest BCUT2D eigenvalue weighted by atomic mass is 9.95. The highest BCUT2D eigenvalue weighted by atomic mass is 16.5. The highest BCUT2D eigenvalue weighted by Gasteiger charge is 2.46. The Balaban J connectivity index is 2.12. The SMILES string of the molecule is CCOc1ccc(/C(O)=C2/C(=O)C(=O)N(CCOC)C2c2ccc(OC)c(O)c2)cc1. The number of carbonyl (C=O) groups is 2. The van der Waals surface area contributed by atoms with Crippen molar-refractivity contribution in [2.24, 2.45) is 0 Å². The number of carbonyl (C=O) groups excluding carboxylic acids is 2. The smallest absolute Gasteiger partial charge is 0.295 e. The highest BCUT2D eigenvalue weighted by molar-refractivity contribution is 6.46. The van der Waals surface area contributed by atoms with E-state index in [4.69, 9.17) is 14.2 Å². The first-order chi connectivity index (χ1) is 14.9. The Bertz CT molecular complexity index is 997. The molecule has 0 bridgehead atoms. The van der Waals surface area contributed by atoms with Gasteiger partial charge in [0, 0.05) is 19.2 Å². The summed E-state index contributed by atoms with van der Waals surface area (Å²) < 4.78 is 15.6. The molecule has 8 nitrogen and oxygen atoms in total. The molecule has 0 aliphatic carbocycles. The van der Waals surface area contributed by atoms with Crippen molar-refractivity contribution in [2.45, 2.75) is 13.0 Å². The van der Waals surface area contributed by atoms with Crippen molar-refractivity contribution in [3.8, 4) is 17.2 Å². The van der Waals surface area contributed by atoms with Gasteiger partial charge in [-0.1, -0.05) is 6.07 Å². The van der Waals surface area contributed by atoms with Gasteiger partial charge in [0.15, 0.2) is 11.5 Å². The van der Waals surface area contributed by atoms with Crippen LogP contribution >= 0.6 is 0 Å². The minimum Gasteiger partial charge on any atom is -0.507 e. The number of aromatic hydroxyl groups is 1. The molecule has 0 aromatic heterocycles. The van der Waals surface area contributed by atoms with E-state index in [1.165, 1.54) is 31.3 Å². The van der Waals surface area contributed by atoms with E-state index < -0.39 is 17.7 Å². The van der Waals surface area contributed by atoms with Crippen molar-refractivity contribution in [3.63, 3.8) is 0 Å². The average molecular weight is 427 g/mol. The number of methoxy groups -OCH3 is 2. The Morgan fingerprint density at radius 2 is 1.81 bits per heavy atom. The summed E-state index contributed by atoms with van der Waals surface area (Å²) in [7, 11) is 2.91. The normalized spacial score (nSPS) is 17.8. The Morgan fingerprint density at radius 3 is 2.39 bits per heavy atom. The summed E-state index contributed by atoms with van der Waals surface area (Å²) in [6.07, 6.45) is 0. The molecule has 0 spiro atoms. The van der Waals surface area contributed by atoms with Crippen LogP contribution in [-0.2, 0) is 14.3 Å². The van der Waals surface area contributed by atoms with Gasteiger partial charge < -0.3 is 29.3 Å². The molecule has 1 heterocycles. The van der Waals surface area contributed by atoms with Crippen LogP contribution in [0.15, 0.2) is 48.0 Å². The van der Waals surface area contributed by atoms with E-state index in [0.717, 1.165) is 0 Å². The Hall–Kier alpha value is -3.52. The van der Waals surface area contributed by atoms with Crippen molar-refractivity contribution in [1.82, 2.24) is 4.90 Å². The fourth-order valence-corrected chi connectivity index (χ4v) is 3.56. The van der Waals surface area contributed by atoms with E-state index in [1.54, 1.807) is 30.3 Å². The Morgan fingerprint density at radius 1 is 1.10 bits per heavy atom. The number of aliphatic hydroxyl groups is 1. The van der Waals surface area contributed by atoms with Crippen molar-refractivity contribution >= 4 is 17.4 Å². The number of phenols is 1. The van der Waals surface area contributed by atoms with E-state index in [2.05, 4.69) is 0 Å². The van der Waals surface area contributed by atoms with Crippen LogP contribution in [-0.4, -0.2) is 60.8 Å². The number of amides is 1. The maximum absolute atomic E-state index is 12.9. The predicted molar refractivity (Wildman–Crippen MR) is 113 cm³/mol. The second kappa shape index (κ2) is 9.53. The van der Waals surface area contributed by atoms with Crippen LogP contribution in [0, 0.1) is 0 Å². The predicted octanol–water partition coefficient (Wildman–Crippen LogP) is 2.87. The zero-order valence-corrected chi connectivity index (χ0v) is 17.6. The number of phenolic OH excluding ortho intramolecular Hbond substituents is 1. The number of rotatable bonds is 8. The number of nitrogens with zero attached hydrogens (tertiary/aromatic N) is 1. The van der Waals surface area contributed by atoms with Crippen LogP contribution in [0.3, 0.4) is 0 Å². The fourth-order valence-electron chi connectivity index (χ4n) is 3.56. The van der Waals surface area contributed by atoms with Gasteiger partial charge in [-0.15, -0.1) is 0 Å². The highest BCUT2D eigenvalue weighted by Crippen LogP contribution is 2.41. The summed E-state index contributed by atoms with van der Waals surface area (Å²) in [5, 5.41) is 21.2. The summed E-state index contributed by atoms with van der Waals surface area (Å²) in [5.41, 5.74) is 0.770. The molecule has 1 saturated heterocycles. The molecular weight excluding hydrogens is 402 g/mol. The van der Waals surface area contributed by atoms with E-state index in [1.807, 2.05) is 6.92 Å². The van der Waals surface area contributed by atoms with Gasteiger partial charge >= 0.3 is 0 Å². The molecule has 1 aliphatic rings. The molecule has 0 saturated carbocycles. The maximum atomic E-state index is 12.9. The molecule has 8 heteroatoms. The number of ether oxygens (including phenoxy) is 3. The van der Waals surface area contributed by atoms with E-state index in [-0.39, 0.29) is 36.0 Å². The Kier molecular flexibility index (Phi) is 6.81. The second-order valence-corrected chi connectivity index (χ2v) is 6.87. The number of aliphatic hydroxyl groups excluding tert-OH is 1. The summed E-state index contributed by atoms with van der Waals surface area (Å²) in [6, 6.07) is 10.3. The van der Waals surface area contributed by atoms with Gasteiger partial charge in [-0.25, -0.2) is 0 Å². The third-order valence-corrected chi connectivity index (χ3v) is 5.03.